The van der Waals surface area contributed by atoms with Crippen LogP contribution in [0, 0.1) is 0 Å². The predicted molar refractivity (Wildman–Crippen MR) is 95.1 cm³/mol. The molecular formula is C16H26N4O3S. The molecule has 7 nitrogen and oxygen atoms in total. The number of rotatable bonds is 7. The summed E-state index contributed by atoms with van der Waals surface area (Å²) in [5.41, 5.74) is 0.485. The molecule has 1 saturated heterocycles. The van der Waals surface area contributed by atoms with Crippen molar-refractivity contribution >= 4 is 21.6 Å². The zero-order valence-electron chi connectivity index (χ0n) is 14.5. The molecule has 1 unspecified atom stereocenters. The van der Waals surface area contributed by atoms with E-state index in [4.69, 9.17) is 0 Å². The van der Waals surface area contributed by atoms with Crippen molar-refractivity contribution in [3.8, 4) is 0 Å². The van der Waals surface area contributed by atoms with Crippen LogP contribution in [0.4, 0.5) is 5.82 Å². The number of pyridine rings is 1. The molecule has 1 atom stereocenters. The quantitative estimate of drug-likeness (QED) is 0.776. The highest BCUT2D eigenvalue weighted by atomic mass is 32.2. The number of sulfone groups is 1. The Kier molecular flexibility index (Phi) is 6.17. The van der Waals surface area contributed by atoms with Crippen molar-refractivity contribution < 1.29 is 13.2 Å². The van der Waals surface area contributed by atoms with Crippen LogP contribution >= 0.6 is 0 Å². The second-order valence-electron chi connectivity index (χ2n) is 6.31. The van der Waals surface area contributed by atoms with Gasteiger partial charge in [-0.3, -0.25) is 4.79 Å². The van der Waals surface area contributed by atoms with Crippen LogP contribution in [0.5, 0.6) is 0 Å². The highest BCUT2D eigenvalue weighted by Gasteiger charge is 2.34. The Morgan fingerprint density at radius 2 is 2.12 bits per heavy atom. The van der Waals surface area contributed by atoms with Crippen LogP contribution in [0.1, 0.15) is 23.7 Å². The van der Waals surface area contributed by atoms with E-state index in [9.17, 15) is 13.2 Å². The number of hydrogen-bond acceptors (Lipinski definition) is 6. The number of carbonyl (C=O) groups is 1. The lowest BCUT2D eigenvalue weighted by atomic mass is 10.1. The molecule has 1 amide bonds. The Hall–Kier alpha value is -1.67. The number of hydrogen-bond donors (Lipinski definition) is 1. The fraction of sp³-hybridized carbons (Fsp3) is 0.625. The first-order valence-electron chi connectivity index (χ1n) is 8.18. The number of nitrogens with one attached hydrogen (secondary N) is 1. The minimum Gasteiger partial charge on any atom is -0.369 e. The van der Waals surface area contributed by atoms with Gasteiger partial charge in [-0.1, -0.05) is 0 Å². The lowest BCUT2D eigenvalue weighted by Crippen LogP contribution is -2.41. The molecule has 0 radical (unpaired) electrons. The van der Waals surface area contributed by atoms with Crippen LogP contribution in [0.3, 0.4) is 0 Å². The summed E-state index contributed by atoms with van der Waals surface area (Å²) < 4.78 is 23.3. The Morgan fingerprint density at radius 1 is 1.38 bits per heavy atom. The molecule has 0 bridgehead atoms. The second kappa shape index (κ2) is 7.94. The van der Waals surface area contributed by atoms with E-state index >= 15 is 0 Å². The molecule has 1 aliphatic rings. The summed E-state index contributed by atoms with van der Waals surface area (Å²) >= 11 is 0. The molecule has 1 fully saturated rings. The van der Waals surface area contributed by atoms with Crippen LogP contribution in [-0.2, 0) is 9.84 Å². The molecule has 0 saturated carbocycles. The minimum absolute atomic E-state index is 0.0597. The summed E-state index contributed by atoms with van der Waals surface area (Å²) in [6.45, 7) is 4.02. The molecule has 1 aromatic heterocycles. The second-order valence-corrected chi connectivity index (χ2v) is 8.54. The summed E-state index contributed by atoms with van der Waals surface area (Å²) in [6, 6.07) is 3.28. The molecule has 8 heteroatoms. The maximum atomic E-state index is 12.7. The zero-order chi connectivity index (χ0) is 17.7. The van der Waals surface area contributed by atoms with Gasteiger partial charge in [0.1, 0.15) is 5.82 Å². The molecule has 1 aliphatic heterocycles. The summed E-state index contributed by atoms with van der Waals surface area (Å²) in [6.07, 6.45) is 2.06. The molecule has 0 aliphatic carbocycles. The Balaban J connectivity index is 2.00. The summed E-state index contributed by atoms with van der Waals surface area (Å²) in [5, 5.41) is 3.19. The highest BCUT2D eigenvalue weighted by molar-refractivity contribution is 7.91. The maximum Gasteiger partial charge on any atom is 0.255 e. The van der Waals surface area contributed by atoms with Crippen LogP contribution < -0.4 is 5.32 Å². The van der Waals surface area contributed by atoms with E-state index in [1.807, 2.05) is 21.0 Å². The largest absolute Gasteiger partial charge is 0.369 e. The lowest BCUT2D eigenvalue weighted by molar-refractivity contribution is 0.0708. The van der Waals surface area contributed by atoms with Crippen LogP contribution in [-0.4, -0.2) is 80.4 Å². The van der Waals surface area contributed by atoms with Gasteiger partial charge in [-0.05, 0) is 39.6 Å². The fourth-order valence-electron chi connectivity index (χ4n) is 2.79. The molecular weight excluding hydrogens is 328 g/mol. The highest BCUT2D eigenvalue weighted by Crippen LogP contribution is 2.20. The van der Waals surface area contributed by atoms with Gasteiger partial charge in [0.2, 0.25) is 0 Å². The van der Waals surface area contributed by atoms with E-state index in [1.165, 1.54) is 0 Å². The molecule has 1 N–H and O–H groups in total. The normalized spacial score (nSPS) is 19.4. The van der Waals surface area contributed by atoms with Crippen molar-refractivity contribution in [1.82, 2.24) is 14.8 Å². The molecule has 24 heavy (non-hydrogen) atoms. The summed E-state index contributed by atoms with van der Waals surface area (Å²) in [5.74, 6) is 0.783. The van der Waals surface area contributed by atoms with E-state index in [2.05, 4.69) is 15.2 Å². The average Bonchev–Trinajstić information content (AvgIpc) is 2.88. The summed E-state index contributed by atoms with van der Waals surface area (Å²) in [4.78, 5) is 20.6. The van der Waals surface area contributed by atoms with E-state index in [0.717, 1.165) is 18.9 Å². The van der Waals surface area contributed by atoms with Gasteiger partial charge in [-0.15, -0.1) is 0 Å². The van der Waals surface area contributed by atoms with Crippen molar-refractivity contribution in [2.75, 3.05) is 50.6 Å². The third-order valence-electron chi connectivity index (χ3n) is 4.13. The van der Waals surface area contributed by atoms with Gasteiger partial charge in [-0.2, -0.15) is 0 Å². The molecule has 1 aromatic rings. The first-order valence-corrected chi connectivity index (χ1v) is 10.0. The molecule has 2 heterocycles. The number of carbonyl (C=O) groups excluding carboxylic acids is 1. The smallest absolute Gasteiger partial charge is 0.255 e. The third kappa shape index (κ3) is 4.91. The van der Waals surface area contributed by atoms with Gasteiger partial charge in [0.15, 0.2) is 9.84 Å². The standard InChI is InChI=1S/C16H26N4O3S/c1-4-20(14-7-10-24(22,23)12-14)16(21)13-5-6-15(18-11-13)17-8-9-19(2)3/h5-6,11,14H,4,7-10,12H2,1-3H3,(H,17,18). The summed E-state index contributed by atoms with van der Waals surface area (Å²) in [7, 11) is 0.985. The van der Waals surface area contributed by atoms with Crippen molar-refractivity contribution in [3.63, 3.8) is 0 Å². The number of likely N-dealkylation sites (N-methyl/N-ethyl adjacent to an activating group) is 1. The van der Waals surface area contributed by atoms with Gasteiger partial charge < -0.3 is 15.1 Å². The molecule has 0 aromatic carbocycles. The Bertz CT molecular complexity index is 658. The molecule has 0 spiro atoms. The van der Waals surface area contributed by atoms with Crippen molar-refractivity contribution in [1.29, 1.82) is 0 Å². The minimum atomic E-state index is -3.01. The van der Waals surface area contributed by atoms with Crippen molar-refractivity contribution in [3.05, 3.63) is 23.9 Å². The number of amides is 1. The Morgan fingerprint density at radius 3 is 2.62 bits per heavy atom. The monoisotopic (exact) mass is 354 g/mol. The van der Waals surface area contributed by atoms with E-state index in [-0.39, 0.29) is 23.5 Å². The Labute approximate surface area is 144 Å². The van der Waals surface area contributed by atoms with Gasteiger partial charge in [-0.25, -0.2) is 13.4 Å². The predicted octanol–water partition coefficient (Wildman–Crippen LogP) is 0.704. The van der Waals surface area contributed by atoms with E-state index in [1.54, 1.807) is 23.2 Å². The topological polar surface area (TPSA) is 82.6 Å². The van der Waals surface area contributed by atoms with E-state index in [0.29, 0.717) is 18.5 Å². The lowest BCUT2D eigenvalue weighted by Gasteiger charge is -2.26. The van der Waals surface area contributed by atoms with Crippen LogP contribution in [0.15, 0.2) is 18.3 Å². The maximum absolute atomic E-state index is 12.7. The molecule has 2 rings (SSSR count). The number of anilines is 1. The van der Waals surface area contributed by atoms with Crippen LogP contribution in [0.25, 0.3) is 0 Å². The van der Waals surface area contributed by atoms with Crippen molar-refractivity contribution in [2.45, 2.75) is 19.4 Å². The number of nitrogens with zero attached hydrogens (tertiary/aromatic N) is 3. The SMILES string of the molecule is CCN(C(=O)c1ccc(NCCN(C)C)nc1)C1CCS(=O)(=O)C1. The first kappa shape index (κ1) is 18.7. The first-order chi connectivity index (χ1) is 11.3. The van der Waals surface area contributed by atoms with E-state index < -0.39 is 9.84 Å². The number of aromatic nitrogens is 1. The van der Waals surface area contributed by atoms with Crippen LogP contribution in [0.2, 0.25) is 0 Å². The zero-order valence-corrected chi connectivity index (χ0v) is 15.3. The van der Waals surface area contributed by atoms with Gasteiger partial charge in [0, 0.05) is 31.9 Å². The van der Waals surface area contributed by atoms with Gasteiger partial charge in [0.25, 0.3) is 5.91 Å². The van der Waals surface area contributed by atoms with Gasteiger partial charge in [0.05, 0.1) is 17.1 Å². The van der Waals surface area contributed by atoms with Crippen molar-refractivity contribution in [2.24, 2.45) is 0 Å². The third-order valence-corrected chi connectivity index (χ3v) is 5.88. The molecule has 134 valence electrons. The average molecular weight is 354 g/mol. The van der Waals surface area contributed by atoms with Gasteiger partial charge >= 0.3 is 0 Å². The fourth-order valence-corrected chi connectivity index (χ4v) is 4.52.